The third-order valence-corrected chi connectivity index (χ3v) is 2.67. The Morgan fingerprint density at radius 2 is 1.50 bits per heavy atom. The Labute approximate surface area is 84.5 Å². The summed E-state index contributed by atoms with van der Waals surface area (Å²) in [6, 6.07) is 0. The van der Waals surface area contributed by atoms with Crippen LogP contribution >= 0.6 is 0 Å². The van der Waals surface area contributed by atoms with Crippen LogP contribution < -0.4 is 0 Å². The Morgan fingerprint density at radius 1 is 0.929 bits per heavy atom. The molecule has 0 aromatic carbocycles. The summed E-state index contributed by atoms with van der Waals surface area (Å²) in [6.07, 6.45) is 17.8. The number of ketones is 1. The fourth-order valence-corrected chi connectivity index (χ4v) is 1.79. The predicted molar refractivity (Wildman–Crippen MR) is 57.8 cm³/mol. The van der Waals surface area contributed by atoms with E-state index < -0.39 is 0 Å². The zero-order valence-corrected chi connectivity index (χ0v) is 8.10. The van der Waals surface area contributed by atoms with Crippen molar-refractivity contribution in [2.24, 2.45) is 11.8 Å². The minimum Gasteiger partial charge on any atom is -0.299 e. The van der Waals surface area contributed by atoms with E-state index in [0.29, 0.717) is 18.1 Å². The molecule has 72 valence electrons. The molecule has 0 fully saturated rings. The predicted octanol–water partition coefficient (Wildman–Crippen LogP) is 2.82. The van der Waals surface area contributed by atoms with E-state index in [2.05, 4.69) is 12.2 Å². The largest absolute Gasteiger partial charge is 0.299 e. The van der Waals surface area contributed by atoms with E-state index in [0.717, 1.165) is 6.42 Å². The highest BCUT2D eigenvalue weighted by Crippen LogP contribution is 2.19. The summed E-state index contributed by atoms with van der Waals surface area (Å²) in [7, 11) is 0. The lowest BCUT2D eigenvalue weighted by atomic mass is 9.97. The molecule has 0 aromatic heterocycles. The monoisotopic (exact) mass is 186 g/mol. The van der Waals surface area contributed by atoms with E-state index in [-0.39, 0.29) is 5.92 Å². The average molecular weight is 186 g/mol. The van der Waals surface area contributed by atoms with Crippen LogP contribution in [0.15, 0.2) is 48.6 Å². The fourth-order valence-electron chi connectivity index (χ4n) is 1.79. The van der Waals surface area contributed by atoms with Gasteiger partial charge in [0.05, 0.1) is 5.92 Å². The van der Waals surface area contributed by atoms with Crippen LogP contribution in [0.3, 0.4) is 0 Å². The van der Waals surface area contributed by atoms with Gasteiger partial charge in [-0.1, -0.05) is 48.6 Å². The van der Waals surface area contributed by atoms with Gasteiger partial charge in [-0.2, -0.15) is 0 Å². The molecule has 0 aromatic rings. The number of allylic oxidation sites excluding steroid dienone is 8. The average Bonchev–Trinajstić information content (AvgIpc) is 2.87. The lowest BCUT2D eigenvalue weighted by Gasteiger charge is -2.06. The smallest absolute Gasteiger partial charge is 0.143 e. The van der Waals surface area contributed by atoms with E-state index in [9.17, 15) is 4.79 Å². The first kappa shape index (κ1) is 9.20. The lowest BCUT2D eigenvalue weighted by Crippen LogP contribution is -2.09. The standard InChI is InChI=1S/C13H14O/c14-13(12-7-3-4-8-12)10-9-11-5-1-2-6-11/h1-8,11-12H,9-10H2. The van der Waals surface area contributed by atoms with Crippen molar-refractivity contribution < 1.29 is 4.79 Å². The van der Waals surface area contributed by atoms with Crippen molar-refractivity contribution in [1.82, 2.24) is 0 Å². The van der Waals surface area contributed by atoms with Gasteiger partial charge in [0.15, 0.2) is 0 Å². The molecule has 0 amide bonds. The molecule has 14 heavy (non-hydrogen) atoms. The van der Waals surface area contributed by atoms with Gasteiger partial charge in [-0.15, -0.1) is 0 Å². The Morgan fingerprint density at radius 3 is 2.14 bits per heavy atom. The first-order valence-electron chi connectivity index (χ1n) is 5.09. The summed E-state index contributed by atoms with van der Waals surface area (Å²) < 4.78 is 0. The van der Waals surface area contributed by atoms with Gasteiger partial charge in [-0.05, 0) is 12.3 Å². The normalized spacial score (nSPS) is 20.0. The Balaban J connectivity index is 1.77. The molecule has 0 radical (unpaired) electrons. The maximum Gasteiger partial charge on any atom is 0.143 e. The highest BCUT2D eigenvalue weighted by Gasteiger charge is 2.15. The third kappa shape index (κ3) is 2.11. The van der Waals surface area contributed by atoms with Crippen LogP contribution in [0.25, 0.3) is 0 Å². The summed E-state index contributed by atoms with van der Waals surface area (Å²) in [5.41, 5.74) is 0. The number of rotatable bonds is 4. The molecule has 0 saturated carbocycles. The van der Waals surface area contributed by atoms with Crippen molar-refractivity contribution in [3.05, 3.63) is 48.6 Å². The molecule has 2 aliphatic carbocycles. The zero-order chi connectivity index (χ0) is 9.80. The number of hydrogen-bond acceptors (Lipinski definition) is 1. The van der Waals surface area contributed by atoms with Gasteiger partial charge in [0.1, 0.15) is 5.78 Å². The van der Waals surface area contributed by atoms with E-state index in [1.54, 1.807) is 0 Å². The van der Waals surface area contributed by atoms with E-state index in [1.807, 2.05) is 36.5 Å². The van der Waals surface area contributed by atoms with Crippen molar-refractivity contribution in [3.63, 3.8) is 0 Å². The maximum absolute atomic E-state index is 11.7. The molecule has 1 nitrogen and oxygen atoms in total. The molecule has 0 heterocycles. The first-order chi connectivity index (χ1) is 6.86. The summed E-state index contributed by atoms with van der Waals surface area (Å²) in [4.78, 5) is 11.7. The summed E-state index contributed by atoms with van der Waals surface area (Å²) in [5.74, 6) is 0.862. The topological polar surface area (TPSA) is 17.1 Å². The highest BCUT2D eigenvalue weighted by molar-refractivity contribution is 5.85. The van der Waals surface area contributed by atoms with Crippen molar-refractivity contribution in [1.29, 1.82) is 0 Å². The molecule has 0 bridgehead atoms. The molecule has 0 unspecified atom stereocenters. The number of Topliss-reactive ketones (excluding diaryl/α,β-unsaturated/α-hetero) is 1. The van der Waals surface area contributed by atoms with Crippen LogP contribution in [0.2, 0.25) is 0 Å². The van der Waals surface area contributed by atoms with E-state index in [1.165, 1.54) is 0 Å². The van der Waals surface area contributed by atoms with Crippen molar-refractivity contribution >= 4 is 5.78 Å². The second-order valence-corrected chi connectivity index (χ2v) is 3.73. The minimum atomic E-state index is 0.0457. The van der Waals surface area contributed by atoms with Crippen LogP contribution in [0.5, 0.6) is 0 Å². The van der Waals surface area contributed by atoms with Gasteiger partial charge in [0.2, 0.25) is 0 Å². The van der Waals surface area contributed by atoms with Crippen LogP contribution in [-0.4, -0.2) is 5.78 Å². The SMILES string of the molecule is O=C(CCC1C=CC=C1)C1C=CC=C1. The molecule has 2 rings (SSSR count). The molecular weight excluding hydrogens is 172 g/mol. The van der Waals surface area contributed by atoms with Gasteiger partial charge in [-0.3, -0.25) is 4.79 Å². The fraction of sp³-hybridized carbons (Fsp3) is 0.308. The van der Waals surface area contributed by atoms with Gasteiger partial charge in [0.25, 0.3) is 0 Å². The number of carbonyl (C=O) groups excluding carboxylic acids is 1. The summed E-state index contributed by atoms with van der Waals surface area (Å²) in [6.45, 7) is 0. The van der Waals surface area contributed by atoms with Gasteiger partial charge in [-0.25, -0.2) is 0 Å². The molecule has 2 aliphatic rings. The summed E-state index contributed by atoms with van der Waals surface area (Å²) in [5, 5.41) is 0. The van der Waals surface area contributed by atoms with Crippen LogP contribution in [-0.2, 0) is 4.79 Å². The molecule has 0 N–H and O–H groups in total. The number of hydrogen-bond donors (Lipinski definition) is 0. The van der Waals surface area contributed by atoms with Gasteiger partial charge >= 0.3 is 0 Å². The molecule has 1 heteroatoms. The van der Waals surface area contributed by atoms with Gasteiger partial charge < -0.3 is 0 Å². The third-order valence-electron chi connectivity index (χ3n) is 2.67. The molecule has 0 spiro atoms. The first-order valence-corrected chi connectivity index (χ1v) is 5.09. The quantitative estimate of drug-likeness (QED) is 0.659. The second-order valence-electron chi connectivity index (χ2n) is 3.73. The second kappa shape index (κ2) is 4.23. The van der Waals surface area contributed by atoms with Crippen molar-refractivity contribution in [2.75, 3.05) is 0 Å². The lowest BCUT2D eigenvalue weighted by molar-refractivity contribution is -0.120. The zero-order valence-electron chi connectivity index (χ0n) is 8.10. The highest BCUT2D eigenvalue weighted by atomic mass is 16.1. The molecule has 0 saturated heterocycles. The minimum absolute atomic E-state index is 0.0457. The van der Waals surface area contributed by atoms with E-state index >= 15 is 0 Å². The molecule has 0 atom stereocenters. The van der Waals surface area contributed by atoms with Crippen molar-refractivity contribution in [2.45, 2.75) is 12.8 Å². The van der Waals surface area contributed by atoms with Crippen LogP contribution in [0, 0.1) is 11.8 Å². The number of carbonyl (C=O) groups is 1. The Kier molecular flexibility index (Phi) is 2.78. The molecule has 0 aliphatic heterocycles. The summed E-state index contributed by atoms with van der Waals surface area (Å²) >= 11 is 0. The van der Waals surface area contributed by atoms with Crippen LogP contribution in [0.4, 0.5) is 0 Å². The van der Waals surface area contributed by atoms with Gasteiger partial charge in [0, 0.05) is 6.42 Å². The molecular formula is C13H14O. The van der Waals surface area contributed by atoms with Crippen LogP contribution in [0.1, 0.15) is 12.8 Å². The van der Waals surface area contributed by atoms with E-state index in [4.69, 9.17) is 0 Å². The Hall–Kier alpha value is -1.37. The Bertz CT molecular complexity index is 307. The van der Waals surface area contributed by atoms with Crippen molar-refractivity contribution in [3.8, 4) is 0 Å². The maximum atomic E-state index is 11.7.